The van der Waals surface area contributed by atoms with Gasteiger partial charge in [0.05, 0.1) is 17.2 Å². The Morgan fingerprint density at radius 3 is 2.30 bits per heavy atom. The highest BCUT2D eigenvalue weighted by Gasteiger charge is 2.29. The van der Waals surface area contributed by atoms with Crippen LogP contribution in [-0.2, 0) is 10.0 Å². The second kappa shape index (κ2) is 8.75. The third-order valence-corrected chi connectivity index (χ3v) is 7.94. The zero-order chi connectivity index (χ0) is 21.1. The molecule has 0 unspecified atom stereocenters. The average Bonchev–Trinajstić information content (AvgIpc) is 3.25. The lowest BCUT2D eigenvalue weighted by Crippen LogP contribution is -2.48. The number of thiazole rings is 1. The smallest absolute Gasteiger partial charge is 0.243 e. The molecule has 1 fully saturated rings. The van der Waals surface area contributed by atoms with Crippen molar-refractivity contribution in [3.8, 4) is 17.0 Å². The van der Waals surface area contributed by atoms with Crippen molar-refractivity contribution in [2.24, 2.45) is 0 Å². The lowest BCUT2D eigenvalue weighted by Gasteiger charge is -2.33. The molecule has 6 nitrogen and oxygen atoms in total. The molecule has 1 aliphatic heterocycles. The predicted octanol–water partition coefficient (Wildman–Crippen LogP) is 4.03. The van der Waals surface area contributed by atoms with Crippen molar-refractivity contribution >= 4 is 26.5 Å². The minimum atomic E-state index is -3.45. The Morgan fingerprint density at radius 2 is 1.67 bits per heavy atom. The Labute approximate surface area is 181 Å². The van der Waals surface area contributed by atoms with Crippen LogP contribution in [0.2, 0.25) is 0 Å². The minimum absolute atomic E-state index is 0.355. The first-order valence-corrected chi connectivity index (χ1v) is 12.3. The van der Waals surface area contributed by atoms with E-state index in [1.54, 1.807) is 27.8 Å². The molecule has 30 heavy (non-hydrogen) atoms. The molecule has 0 atom stereocenters. The minimum Gasteiger partial charge on any atom is -0.494 e. The summed E-state index contributed by atoms with van der Waals surface area (Å²) in [5.41, 5.74) is 3.01. The van der Waals surface area contributed by atoms with Crippen LogP contribution in [-0.4, -0.2) is 50.5 Å². The first kappa shape index (κ1) is 20.8. The van der Waals surface area contributed by atoms with Gasteiger partial charge in [0, 0.05) is 37.1 Å². The summed E-state index contributed by atoms with van der Waals surface area (Å²) in [4.78, 5) is 7.28. The number of rotatable bonds is 6. The van der Waals surface area contributed by atoms with Gasteiger partial charge in [0.1, 0.15) is 5.75 Å². The van der Waals surface area contributed by atoms with Crippen LogP contribution in [0.3, 0.4) is 0 Å². The summed E-state index contributed by atoms with van der Waals surface area (Å²) in [6, 6.07) is 15.0. The molecule has 0 amide bonds. The Hall–Kier alpha value is -2.42. The monoisotopic (exact) mass is 443 g/mol. The van der Waals surface area contributed by atoms with Crippen LogP contribution >= 0.6 is 11.3 Å². The molecule has 2 heterocycles. The van der Waals surface area contributed by atoms with Crippen molar-refractivity contribution < 1.29 is 13.2 Å². The van der Waals surface area contributed by atoms with E-state index in [0.717, 1.165) is 27.7 Å². The molecular formula is C22H25N3O3S2. The number of nitrogens with zero attached hydrogens (tertiary/aromatic N) is 3. The zero-order valence-electron chi connectivity index (χ0n) is 17.1. The number of benzene rings is 2. The van der Waals surface area contributed by atoms with E-state index < -0.39 is 10.0 Å². The molecule has 1 saturated heterocycles. The number of piperazine rings is 1. The quantitative estimate of drug-likeness (QED) is 0.576. The Balaban J connectivity index is 1.41. The normalized spacial score (nSPS) is 15.3. The summed E-state index contributed by atoms with van der Waals surface area (Å²) >= 11 is 1.59. The average molecular weight is 444 g/mol. The SMILES string of the molecule is CCOc1ccc(-c2csc(N3CCN(S(=O)(=O)c4ccc(C)cc4)CC3)n2)cc1. The van der Waals surface area contributed by atoms with Gasteiger partial charge in [-0.25, -0.2) is 13.4 Å². The maximum atomic E-state index is 12.9. The van der Waals surface area contributed by atoms with Crippen molar-refractivity contribution in [1.29, 1.82) is 0 Å². The van der Waals surface area contributed by atoms with Crippen LogP contribution in [0.15, 0.2) is 58.8 Å². The van der Waals surface area contributed by atoms with E-state index in [2.05, 4.69) is 4.90 Å². The van der Waals surface area contributed by atoms with Gasteiger partial charge in [-0.1, -0.05) is 17.7 Å². The summed E-state index contributed by atoms with van der Waals surface area (Å²) in [5, 5.41) is 2.96. The lowest BCUT2D eigenvalue weighted by atomic mass is 10.2. The van der Waals surface area contributed by atoms with E-state index in [-0.39, 0.29) is 0 Å². The molecule has 4 rings (SSSR count). The molecule has 1 aromatic heterocycles. The molecule has 0 N–H and O–H groups in total. The largest absolute Gasteiger partial charge is 0.494 e. The number of aryl methyl sites for hydroxylation is 1. The van der Waals surface area contributed by atoms with Crippen molar-refractivity contribution in [2.75, 3.05) is 37.7 Å². The number of sulfonamides is 1. The summed E-state index contributed by atoms with van der Waals surface area (Å²) < 4.78 is 32.8. The number of hydrogen-bond donors (Lipinski definition) is 0. The first-order valence-electron chi connectivity index (χ1n) is 9.98. The zero-order valence-corrected chi connectivity index (χ0v) is 18.7. The standard InChI is InChI=1S/C22H25N3O3S2/c1-3-28-19-8-6-18(7-9-19)21-16-29-22(23-21)24-12-14-25(15-13-24)30(26,27)20-10-4-17(2)5-11-20/h4-11,16H,3,12-15H2,1-2H3. The molecule has 158 valence electrons. The maximum Gasteiger partial charge on any atom is 0.243 e. The number of anilines is 1. The molecule has 0 bridgehead atoms. The van der Waals surface area contributed by atoms with Gasteiger partial charge in [0.25, 0.3) is 0 Å². The first-order chi connectivity index (χ1) is 14.5. The van der Waals surface area contributed by atoms with Crippen molar-refractivity contribution in [2.45, 2.75) is 18.7 Å². The fourth-order valence-corrected chi connectivity index (χ4v) is 5.72. The highest BCUT2D eigenvalue weighted by Crippen LogP contribution is 2.30. The van der Waals surface area contributed by atoms with Gasteiger partial charge < -0.3 is 9.64 Å². The Kier molecular flexibility index (Phi) is 6.08. The second-order valence-electron chi connectivity index (χ2n) is 7.18. The molecule has 1 aliphatic rings. The summed E-state index contributed by atoms with van der Waals surface area (Å²) in [7, 11) is -3.45. The van der Waals surface area contributed by atoms with Crippen LogP contribution in [0.25, 0.3) is 11.3 Å². The van der Waals surface area contributed by atoms with Crippen molar-refractivity contribution in [3.05, 3.63) is 59.5 Å². The summed E-state index contributed by atoms with van der Waals surface area (Å²) in [6.45, 7) is 6.72. The van der Waals surface area contributed by atoms with Crippen LogP contribution in [0.4, 0.5) is 5.13 Å². The van der Waals surface area contributed by atoms with Gasteiger partial charge in [0.2, 0.25) is 10.0 Å². The molecular weight excluding hydrogens is 418 g/mol. The molecule has 3 aromatic rings. The van der Waals surface area contributed by atoms with E-state index in [4.69, 9.17) is 9.72 Å². The second-order valence-corrected chi connectivity index (χ2v) is 9.95. The van der Waals surface area contributed by atoms with E-state index in [1.807, 2.05) is 55.6 Å². The summed E-state index contributed by atoms with van der Waals surface area (Å²) in [6.07, 6.45) is 0. The predicted molar refractivity (Wildman–Crippen MR) is 121 cm³/mol. The maximum absolute atomic E-state index is 12.9. The number of aromatic nitrogens is 1. The fourth-order valence-electron chi connectivity index (χ4n) is 3.41. The highest BCUT2D eigenvalue weighted by atomic mass is 32.2. The van der Waals surface area contributed by atoms with Gasteiger partial charge in [-0.15, -0.1) is 11.3 Å². The molecule has 2 aromatic carbocycles. The third-order valence-electron chi connectivity index (χ3n) is 5.12. The molecule has 8 heteroatoms. The molecule has 0 aliphatic carbocycles. The van der Waals surface area contributed by atoms with Crippen LogP contribution in [0.5, 0.6) is 5.75 Å². The Bertz CT molecular complexity index is 1090. The van der Waals surface area contributed by atoms with E-state index in [0.29, 0.717) is 37.7 Å². The van der Waals surface area contributed by atoms with Gasteiger partial charge in [-0.05, 0) is 50.2 Å². The van der Waals surface area contributed by atoms with E-state index in [9.17, 15) is 8.42 Å². The Morgan fingerprint density at radius 1 is 1.00 bits per heavy atom. The fraction of sp³-hybridized carbons (Fsp3) is 0.318. The lowest BCUT2D eigenvalue weighted by molar-refractivity contribution is 0.340. The van der Waals surface area contributed by atoms with E-state index in [1.165, 1.54) is 0 Å². The number of ether oxygens (including phenoxy) is 1. The van der Waals surface area contributed by atoms with Crippen LogP contribution < -0.4 is 9.64 Å². The molecule has 0 spiro atoms. The molecule has 0 saturated carbocycles. The van der Waals surface area contributed by atoms with Crippen molar-refractivity contribution in [1.82, 2.24) is 9.29 Å². The van der Waals surface area contributed by atoms with Gasteiger partial charge in [0.15, 0.2) is 5.13 Å². The third kappa shape index (κ3) is 4.35. The van der Waals surface area contributed by atoms with Crippen molar-refractivity contribution in [3.63, 3.8) is 0 Å². The van der Waals surface area contributed by atoms with E-state index >= 15 is 0 Å². The topological polar surface area (TPSA) is 62.7 Å². The van der Waals surface area contributed by atoms with Gasteiger partial charge in [-0.2, -0.15) is 4.31 Å². The highest BCUT2D eigenvalue weighted by molar-refractivity contribution is 7.89. The number of hydrogen-bond acceptors (Lipinski definition) is 6. The van der Waals surface area contributed by atoms with Crippen LogP contribution in [0.1, 0.15) is 12.5 Å². The molecule has 0 radical (unpaired) electrons. The summed E-state index contributed by atoms with van der Waals surface area (Å²) in [5.74, 6) is 0.850. The van der Waals surface area contributed by atoms with Gasteiger partial charge >= 0.3 is 0 Å². The van der Waals surface area contributed by atoms with Gasteiger partial charge in [-0.3, -0.25) is 0 Å². The van der Waals surface area contributed by atoms with Crippen LogP contribution in [0, 0.1) is 6.92 Å².